The van der Waals surface area contributed by atoms with E-state index in [0.717, 1.165) is 5.56 Å². The number of H-pyrrole nitrogens is 1. The van der Waals surface area contributed by atoms with Gasteiger partial charge in [0.25, 0.3) is 0 Å². The van der Waals surface area contributed by atoms with Gasteiger partial charge in [-0.05, 0) is 0 Å². The third-order valence-corrected chi connectivity index (χ3v) is 3.43. The van der Waals surface area contributed by atoms with Crippen LogP contribution in [0.2, 0.25) is 19.6 Å². The van der Waals surface area contributed by atoms with Gasteiger partial charge in [-0.25, -0.2) is 0 Å². The molecular formula is C8H12N2Si. The molecule has 0 aliphatic rings. The maximum Gasteiger partial charge on any atom is 0.102 e. The molecule has 0 saturated heterocycles. The molecule has 0 aromatic carbocycles. The zero-order valence-corrected chi connectivity index (χ0v) is 8.10. The third kappa shape index (κ3) is 1.52. The van der Waals surface area contributed by atoms with Crippen LogP contribution >= 0.6 is 0 Å². The first-order valence-electron chi connectivity index (χ1n) is 3.56. The van der Waals surface area contributed by atoms with E-state index in [4.69, 9.17) is 6.42 Å². The van der Waals surface area contributed by atoms with Crippen molar-refractivity contribution in [1.29, 1.82) is 0 Å². The fourth-order valence-electron chi connectivity index (χ4n) is 0.967. The van der Waals surface area contributed by atoms with Gasteiger partial charge in [-0.3, -0.25) is 5.10 Å². The molecule has 0 amide bonds. The molecule has 58 valence electrons. The van der Waals surface area contributed by atoms with E-state index in [9.17, 15) is 0 Å². The first kappa shape index (κ1) is 8.09. The van der Waals surface area contributed by atoms with Gasteiger partial charge in [-0.15, -0.1) is 6.42 Å². The molecule has 0 radical (unpaired) electrons. The summed E-state index contributed by atoms with van der Waals surface area (Å²) in [6.45, 7) is 6.71. The molecule has 3 heteroatoms. The minimum Gasteiger partial charge on any atom is -0.286 e. The highest BCUT2D eigenvalue weighted by atomic mass is 28.3. The smallest absolute Gasteiger partial charge is 0.102 e. The van der Waals surface area contributed by atoms with Gasteiger partial charge in [0, 0.05) is 5.32 Å². The molecule has 1 aromatic heterocycles. The average Bonchev–Trinajstić information content (AvgIpc) is 2.31. The van der Waals surface area contributed by atoms with Gasteiger partial charge in [-0.1, -0.05) is 25.6 Å². The Morgan fingerprint density at radius 3 is 2.55 bits per heavy atom. The number of hydrogen-bond acceptors (Lipinski definition) is 1. The Hall–Kier alpha value is -1.01. The van der Waals surface area contributed by atoms with Crippen LogP contribution in [0.25, 0.3) is 0 Å². The highest BCUT2D eigenvalue weighted by Gasteiger charge is 2.21. The number of rotatable bonds is 1. The molecule has 0 aliphatic heterocycles. The van der Waals surface area contributed by atoms with Crippen LogP contribution in [0.5, 0.6) is 0 Å². The van der Waals surface area contributed by atoms with E-state index in [-0.39, 0.29) is 0 Å². The summed E-state index contributed by atoms with van der Waals surface area (Å²) in [6, 6.07) is 0. The first-order chi connectivity index (χ1) is 5.05. The summed E-state index contributed by atoms with van der Waals surface area (Å²) in [5.74, 6) is 2.62. The summed E-state index contributed by atoms with van der Waals surface area (Å²) in [6.07, 6.45) is 7.02. The molecule has 1 heterocycles. The second-order valence-electron chi connectivity index (χ2n) is 3.55. The summed E-state index contributed by atoms with van der Waals surface area (Å²) in [5.41, 5.74) is 0.921. The van der Waals surface area contributed by atoms with Gasteiger partial charge in [0.05, 0.1) is 11.8 Å². The summed E-state index contributed by atoms with van der Waals surface area (Å²) >= 11 is 0. The van der Waals surface area contributed by atoms with E-state index in [0.29, 0.717) is 0 Å². The molecule has 0 fully saturated rings. The van der Waals surface area contributed by atoms with E-state index in [1.807, 2.05) is 0 Å². The number of hydrogen-bond donors (Lipinski definition) is 1. The number of aromatic amines is 1. The topological polar surface area (TPSA) is 28.7 Å². The predicted molar refractivity (Wildman–Crippen MR) is 49.5 cm³/mol. The Labute approximate surface area is 68.0 Å². The van der Waals surface area contributed by atoms with E-state index in [1.54, 1.807) is 6.20 Å². The molecule has 0 unspecified atom stereocenters. The minimum atomic E-state index is -1.31. The Balaban J connectivity index is 3.15. The molecule has 1 rings (SSSR count). The average molecular weight is 164 g/mol. The Morgan fingerprint density at radius 2 is 2.18 bits per heavy atom. The summed E-state index contributed by atoms with van der Waals surface area (Å²) in [7, 11) is -1.31. The van der Waals surface area contributed by atoms with E-state index >= 15 is 0 Å². The number of nitrogens with zero attached hydrogens (tertiary/aromatic N) is 1. The van der Waals surface area contributed by atoms with E-state index in [1.165, 1.54) is 5.32 Å². The van der Waals surface area contributed by atoms with Crippen LogP contribution in [-0.2, 0) is 0 Å². The standard InChI is InChI=1S/C8H12N2Si/c1-5-7-6-9-10-8(7)11(2,3)4/h1,6H,2-4H3,(H,9,10). The van der Waals surface area contributed by atoms with Crippen LogP contribution in [0.4, 0.5) is 0 Å². The van der Waals surface area contributed by atoms with Crippen molar-refractivity contribution in [3.05, 3.63) is 11.8 Å². The quantitative estimate of drug-likeness (QED) is 0.485. The van der Waals surface area contributed by atoms with E-state index < -0.39 is 8.07 Å². The van der Waals surface area contributed by atoms with Crippen molar-refractivity contribution < 1.29 is 0 Å². The van der Waals surface area contributed by atoms with Crippen molar-refractivity contribution in [3.63, 3.8) is 0 Å². The van der Waals surface area contributed by atoms with E-state index in [2.05, 4.69) is 35.8 Å². The monoisotopic (exact) mass is 164 g/mol. The summed E-state index contributed by atoms with van der Waals surface area (Å²) in [4.78, 5) is 0. The van der Waals surface area contributed by atoms with Gasteiger partial charge < -0.3 is 0 Å². The predicted octanol–water partition coefficient (Wildman–Crippen LogP) is 0.936. The molecule has 0 spiro atoms. The Kier molecular flexibility index (Phi) is 1.88. The fourth-order valence-corrected chi connectivity index (χ4v) is 2.31. The Morgan fingerprint density at radius 1 is 1.55 bits per heavy atom. The highest BCUT2D eigenvalue weighted by Crippen LogP contribution is 2.02. The molecule has 1 N–H and O–H groups in total. The maximum atomic E-state index is 5.30. The molecule has 11 heavy (non-hydrogen) atoms. The van der Waals surface area contributed by atoms with Crippen LogP contribution in [-0.4, -0.2) is 18.3 Å². The van der Waals surface area contributed by atoms with Crippen LogP contribution in [0, 0.1) is 12.3 Å². The molecule has 0 atom stereocenters. The van der Waals surface area contributed by atoms with Crippen molar-refractivity contribution in [2.45, 2.75) is 19.6 Å². The zero-order valence-electron chi connectivity index (χ0n) is 7.10. The molecule has 0 aliphatic carbocycles. The summed E-state index contributed by atoms with van der Waals surface area (Å²) in [5, 5.41) is 8.06. The van der Waals surface area contributed by atoms with Crippen molar-refractivity contribution in [2.75, 3.05) is 0 Å². The van der Waals surface area contributed by atoms with Crippen LogP contribution in [0.15, 0.2) is 6.20 Å². The van der Waals surface area contributed by atoms with Gasteiger partial charge in [-0.2, -0.15) is 5.10 Å². The summed E-state index contributed by atoms with van der Waals surface area (Å²) < 4.78 is 0. The number of aromatic nitrogens is 2. The lowest BCUT2D eigenvalue weighted by molar-refractivity contribution is 1.11. The third-order valence-electron chi connectivity index (χ3n) is 1.54. The molecule has 0 bridgehead atoms. The van der Waals surface area contributed by atoms with Gasteiger partial charge in [0.2, 0.25) is 0 Å². The Bertz CT molecular complexity index is 288. The zero-order chi connectivity index (χ0) is 8.48. The normalized spacial score (nSPS) is 11.1. The SMILES string of the molecule is C#Cc1cn[nH]c1[Si](C)(C)C. The van der Waals surface area contributed by atoms with Gasteiger partial charge >= 0.3 is 0 Å². The maximum absolute atomic E-state index is 5.30. The van der Waals surface area contributed by atoms with Crippen molar-refractivity contribution in [3.8, 4) is 12.3 Å². The van der Waals surface area contributed by atoms with Crippen LogP contribution in [0.1, 0.15) is 5.56 Å². The van der Waals surface area contributed by atoms with Gasteiger partial charge in [0.15, 0.2) is 0 Å². The van der Waals surface area contributed by atoms with Crippen molar-refractivity contribution >= 4 is 13.4 Å². The molecular weight excluding hydrogens is 152 g/mol. The number of terminal acetylenes is 1. The minimum absolute atomic E-state index is 0.921. The highest BCUT2D eigenvalue weighted by molar-refractivity contribution is 6.88. The molecule has 0 saturated carbocycles. The lowest BCUT2D eigenvalue weighted by Gasteiger charge is -2.13. The number of nitrogens with one attached hydrogen (secondary N) is 1. The fraction of sp³-hybridized carbons (Fsp3) is 0.375. The second kappa shape index (κ2) is 2.55. The lowest BCUT2D eigenvalue weighted by atomic mass is 10.4. The second-order valence-corrected chi connectivity index (χ2v) is 8.55. The van der Waals surface area contributed by atoms with Crippen LogP contribution in [0.3, 0.4) is 0 Å². The first-order valence-corrected chi connectivity index (χ1v) is 7.06. The van der Waals surface area contributed by atoms with Crippen molar-refractivity contribution in [1.82, 2.24) is 10.2 Å². The largest absolute Gasteiger partial charge is 0.286 e. The lowest BCUT2D eigenvalue weighted by Crippen LogP contribution is -2.40. The van der Waals surface area contributed by atoms with Gasteiger partial charge in [0.1, 0.15) is 8.07 Å². The molecule has 1 aromatic rings. The van der Waals surface area contributed by atoms with Crippen LogP contribution < -0.4 is 5.32 Å². The molecule has 2 nitrogen and oxygen atoms in total. The van der Waals surface area contributed by atoms with Crippen molar-refractivity contribution in [2.24, 2.45) is 0 Å².